The lowest BCUT2D eigenvalue weighted by Gasteiger charge is -2.30. The van der Waals surface area contributed by atoms with Crippen molar-refractivity contribution in [1.82, 2.24) is 0 Å². The number of unbranched alkanes of at least 4 members (excludes halogenated alkanes) is 2. The molecule has 0 bridgehead atoms. The van der Waals surface area contributed by atoms with E-state index in [1.807, 2.05) is 48.5 Å². The smallest absolute Gasteiger partial charge is 0.119 e. The first kappa shape index (κ1) is 34.7. The second-order valence-electron chi connectivity index (χ2n) is 11.4. The minimum Gasteiger partial charge on any atom is -0.489 e. The Morgan fingerprint density at radius 1 is 0.955 bits per heavy atom. The standard InChI is InChI=1S/C36H44N2O2.C4H10/c1-5-8-15-33-34-22-17-30(26-36(34)38(23-25-39-24-7-3)35(33)16-9-6-2)28(4)37-31-18-20-32(21-19-31)40-27-29-13-11-10-12-14-29;1-3-4-2/h6-7,9-14,17-22,26,33,35,37H,3-5,8,15-16,23-25,27H2,1-2H3;3-4H2,1-2H3/b9-6-;. The van der Waals surface area contributed by atoms with E-state index in [1.54, 1.807) is 0 Å². The first-order valence-electron chi connectivity index (χ1n) is 16.5. The van der Waals surface area contributed by atoms with Crippen LogP contribution in [0.4, 0.5) is 11.4 Å². The van der Waals surface area contributed by atoms with E-state index in [0.29, 0.717) is 31.8 Å². The van der Waals surface area contributed by atoms with Crippen LogP contribution >= 0.6 is 0 Å². The van der Waals surface area contributed by atoms with E-state index in [0.717, 1.165) is 41.2 Å². The molecule has 0 spiro atoms. The van der Waals surface area contributed by atoms with Gasteiger partial charge in [-0.3, -0.25) is 0 Å². The van der Waals surface area contributed by atoms with Crippen LogP contribution in [0.2, 0.25) is 0 Å². The molecule has 0 fully saturated rings. The molecule has 1 aliphatic rings. The molecular weight excluding hydrogens is 540 g/mol. The maximum Gasteiger partial charge on any atom is 0.119 e. The zero-order valence-electron chi connectivity index (χ0n) is 27.6. The Labute approximate surface area is 267 Å². The highest BCUT2D eigenvalue weighted by Crippen LogP contribution is 2.46. The molecule has 0 aromatic heterocycles. The summed E-state index contributed by atoms with van der Waals surface area (Å²) in [6.45, 7) is 19.6. The molecule has 4 nitrogen and oxygen atoms in total. The van der Waals surface area contributed by atoms with Crippen LogP contribution in [0, 0.1) is 0 Å². The number of ether oxygens (including phenoxy) is 2. The van der Waals surface area contributed by atoms with Crippen molar-refractivity contribution in [3.05, 3.63) is 121 Å². The van der Waals surface area contributed by atoms with Crippen molar-refractivity contribution in [3.8, 4) is 5.75 Å². The Balaban J connectivity index is 0.00000124. The number of anilines is 2. The lowest BCUT2D eigenvalue weighted by Crippen LogP contribution is -2.36. The minimum atomic E-state index is 0.435. The highest BCUT2D eigenvalue weighted by atomic mass is 16.5. The number of benzene rings is 3. The van der Waals surface area contributed by atoms with E-state index in [4.69, 9.17) is 9.47 Å². The molecule has 1 heterocycles. The van der Waals surface area contributed by atoms with Crippen LogP contribution in [0.1, 0.15) is 88.8 Å². The third-order valence-electron chi connectivity index (χ3n) is 8.04. The molecule has 236 valence electrons. The van der Waals surface area contributed by atoms with Crippen LogP contribution in [-0.4, -0.2) is 25.8 Å². The normalized spacial score (nSPS) is 15.4. The van der Waals surface area contributed by atoms with Crippen LogP contribution < -0.4 is 15.0 Å². The fraction of sp³-hybridized carbons (Fsp3) is 0.400. The van der Waals surface area contributed by atoms with Crippen LogP contribution in [0.5, 0.6) is 5.75 Å². The topological polar surface area (TPSA) is 33.7 Å². The van der Waals surface area contributed by atoms with E-state index < -0.39 is 0 Å². The predicted molar refractivity (Wildman–Crippen MR) is 191 cm³/mol. The SMILES string of the molecule is C=CCOCCN1c2cc(C(=C)Nc3ccc(OCc4ccccc4)cc3)ccc2C(CCCC)C1C/C=C\C.CCCC. The molecular formula is C40H54N2O2. The van der Waals surface area contributed by atoms with Gasteiger partial charge < -0.3 is 19.7 Å². The summed E-state index contributed by atoms with van der Waals surface area (Å²) in [4.78, 5) is 2.56. The number of hydrogen-bond donors (Lipinski definition) is 1. The average molecular weight is 595 g/mol. The molecule has 3 aromatic rings. The summed E-state index contributed by atoms with van der Waals surface area (Å²) in [5.74, 6) is 1.36. The fourth-order valence-electron chi connectivity index (χ4n) is 5.47. The summed E-state index contributed by atoms with van der Waals surface area (Å²) in [5.41, 5.74) is 6.87. The first-order valence-corrected chi connectivity index (χ1v) is 16.5. The van der Waals surface area contributed by atoms with Crippen molar-refractivity contribution < 1.29 is 9.47 Å². The summed E-state index contributed by atoms with van der Waals surface area (Å²) in [6.07, 6.45) is 13.6. The number of hydrogen-bond acceptors (Lipinski definition) is 4. The average Bonchev–Trinajstić information content (AvgIpc) is 3.36. The summed E-state index contributed by atoms with van der Waals surface area (Å²) in [6, 6.07) is 25.6. The monoisotopic (exact) mass is 594 g/mol. The predicted octanol–water partition coefficient (Wildman–Crippen LogP) is 10.8. The summed E-state index contributed by atoms with van der Waals surface area (Å²) in [5, 5.41) is 3.50. The van der Waals surface area contributed by atoms with Gasteiger partial charge in [0.1, 0.15) is 12.4 Å². The zero-order chi connectivity index (χ0) is 31.6. The summed E-state index contributed by atoms with van der Waals surface area (Å²) in [7, 11) is 0. The van der Waals surface area contributed by atoms with Gasteiger partial charge in [-0.15, -0.1) is 6.58 Å². The Hall–Kier alpha value is -3.76. The molecule has 1 N–H and O–H groups in total. The molecule has 1 aliphatic heterocycles. The first-order chi connectivity index (χ1) is 21.6. The van der Waals surface area contributed by atoms with Crippen molar-refractivity contribution in [2.75, 3.05) is 30.0 Å². The molecule has 4 rings (SSSR count). The molecule has 3 aromatic carbocycles. The number of nitrogens with one attached hydrogen (secondary N) is 1. The Morgan fingerprint density at radius 2 is 1.70 bits per heavy atom. The van der Waals surface area contributed by atoms with Crippen molar-refractivity contribution in [2.45, 2.75) is 84.8 Å². The second kappa shape index (κ2) is 19.5. The quantitative estimate of drug-likeness (QED) is 0.124. The van der Waals surface area contributed by atoms with Crippen molar-refractivity contribution in [3.63, 3.8) is 0 Å². The van der Waals surface area contributed by atoms with Crippen molar-refractivity contribution >= 4 is 17.1 Å². The number of allylic oxidation sites excluding steroid dienone is 1. The fourth-order valence-corrected chi connectivity index (χ4v) is 5.47. The van der Waals surface area contributed by atoms with E-state index in [2.05, 4.69) is 93.6 Å². The molecule has 0 aliphatic carbocycles. The van der Waals surface area contributed by atoms with Gasteiger partial charge in [-0.1, -0.05) is 114 Å². The van der Waals surface area contributed by atoms with Gasteiger partial charge in [0, 0.05) is 35.6 Å². The third kappa shape index (κ3) is 10.4. The van der Waals surface area contributed by atoms with E-state index in [1.165, 1.54) is 43.4 Å². The van der Waals surface area contributed by atoms with E-state index >= 15 is 0 Å². The maximum absolute atomic E-state index is 5.95. The second-order valence-corrected chi connectivity index (χ2v) is 11.4. The van der Waals surface area contributed by atoms with Gasteiger partial charge in [0.2, 0.25) is 0 Å². The van der Waals surface area contributed by atoms with Gasteiger partial charge in [0.25, 0.3) is 0 Å². The van der Waals surface area contributed by atoms with Gasteiger partial charge in [-0.25, -0.2) is 0 Å². The summed E-state index contributed by atoms with van der Waals surface area (Å²) < 4.78 is 11.8. The molecule has 4 heteroatoms. The zero-order valence-corrected chi connectivity index (χ0v) is 27.6. The third-order valence-corrected chi connectivity index (χ3v) is 8.04. The Bertz CT molecular complexity index is 1280. The van der Waals surface area contributed by atoms with Gasteiger partial charge in [-0.05, 0) is 66.8 Å². The van der Waals surface area contributed by atoms with Gasteiger partial charge in [-0.2, -0.15) is 0 Å². The van der Waals surface area contributed by atoms with E-state index in [-0.39, 0.29) is 0 Å². The van der Waals surface area contributed by atoms with Crippen LogP contribution in [-0.2, 0) is 11.3 Å². The lowest BCUT2D eigenvalue weighted by atomic mass is 9.88. The highest BCUT2D eigenvalue weighted by Gasteiger charge is 2.37. The molecule has 44 heavy (non-hydrogen) atoms. The van der Waals surface area contributed by atoms with Crippen LogP contribution in [0.25, 0.3) is 5.70 Å². The number of rotatable bonds is 17. The van der Waals surface area contributed by atoms with Gasteiger partial charge >= 0.3 is 0 Å². The Kier molecular flexibility index (Phi) is 15.4. The minimum absolute atomic E-state index is 0.435. The largest absolute Gasteiger partial charge is 0.489 e. The molecule has 0 radical (unpaired) electrons. The molecule has 0 saturated heterocycles. The molecule has 0 amide bonds. The highest BCUT2D eigenvalue weighted by molar-refractivity contribution is 5.79. The van der Waals surface area contributed by atoms with Crippen molar-refractivity contribution in [1.29, 1.82) is 0 Å². The summed E-state index contributed by atoms with van der Waals surface area (Å²) >= 11 is 0. The molecule has 2 atom stereocenters. The Morgan fingerprint density at radius 3 is 2.36 bits per heavy atom. The van der Waals surface area contributed by atoms with Crippen molar-refractivity contribution in [2.24, 2.45) is 0 Å². The molecule has 2 unspecified atom stereocenters. The molecule has 0 saturated carbocycles. The van der Waals surface area contributed by atoms with E-state index in [9.17, 15) is 0 Å². The van der Waals surface area contributed by atoms with Gasteiger partial charge in [0.15, 0.2) is 0 Å². The lowest BCUT2D eigenvalue weighted by molar-refractivity contribution is 0.167. The van der Waals surface area contributed by atoms with Crippen LogP contribution in [0.15, 0.2) is 104 Å². The number of fused-ring (bicyclic) bond motifs is 1. The van der Waals surface area contributed by atoms with Gasteiger partial charge in [0.05, 0.1) is 13.2 Å². The number of nitrogens with zero attached hydrogens (tertiary/aromatic N) is 1. The van der Waals surface area contributed by atoms with Crippen LogP contribution in [0.3, 0.4) is 0 Å². The maximum atomic E-state index is 5.95.